The molecule has 94 valence electrons. The second-order valence-electron chi connectivity index (χ2n) is 5.33. The highest BCUT2D eigenvalue weighted by Crippen LogP contribution is 2.40. The van der Waals surface area contributed by atoms with E-state index >= 15 is 0 Å². The van der Waals surface area contributed by atoms with E-state index in [1.165, 1.54) is 18.4 Å². The van der Waals surface area contributed by atoms with Gasteiger partial charge in [-0.3, -0.25) is 0 Å². The minimum Gasteiger partial charge on any atom is -0.493 e. The maximum Gasteiger partial charge on any atom is 0.122 e. The van der Waals surface area contributed by atoms with Crippen LogP contribution in [0.15, 0.2) is 24.3 Å². The molecule has 2 N–H and O–H groups in total. The predicted molar refractivity (Wildman–Crippen MR) is 71.2 cm³/mol. The van der Waals surface area contributed by atoms with Gasteiger partial charge in [0.2, 0.25) is 0 Å². The van der Waals surface area contributed by atoms with Crippen molar-refractivity contribution in [1.29, 1.82) is 0 Å². The number of ether oxygens (including phenoxy) is 1. The van der Waals surface area contributed by atoms with Gasteiger partial charge in [-0.15, -0.1) is 0 Å². The zero-order valence-corrected chi connectivity index (χ0v) is 10.9. The Morgan fingerprint density at radius 3 is 2.88 bits per heavy atom. The lowest BCUT2D eigenvalue weighted by molar-refractivity contribution is 0.0671. The molecule has 1 aliphatic rings. The summed E-state index contributed by atoms with van der Waals surface area (Å²) in [5.41, 5.74) is 7.49. The molecule has 2 atom stereocenters. The average molecular weight is 233 g/mol. The maximum absolute atomic E-state index is 6.05. The van der Waals surface area contributed by atoms with Gasteiger partial charge in [-0.05, 0) is 24.0 Å². The van der Waals surface area contributed by atoms with E-state index < -0.39 is 0 Å². The Kier molecular flexibility index (Phi) is 3.72. The van der Waals surface area contributed by atoms with Gasteiger partial charge in [0.15, 0.2) is 0 Å². The number of fused-ring (bicyclic) bond motifs is 1. The molecular weight excluding hydrogens is 210 g/mol. The van der Waals surface area contributed by atoms with Crippen LogP contribution in [0.5, 0.6) is 5.75 Å². The molecule has 1 heterocycles. The van der Waals surface area contributed by atoms with Gasteiger partial charge in [0.05, 0.1) is 6.61 Å². The van der Waals surface area contributed by atoms with Crippen LogP contribution in [0.2, 0.25) is 0 Å². The van der Waals surface area contributed by atoms with Crippen molar-refractivity contribution in [3.8, 4) is 5.75 Å². The maximum atomic E-state index is 6.05. The largest absolute Gasteiger partial charge is 0.493 e. The molecule has 1 aliphatic heterocycles. The van der Waals surface area contributed by atoms with Crippen molar-refractivity contribution >= 4 is 0 Å². The molecule has 1 aromatic carbocycles. The van der Waals surface area contributed by atoms with Crippen LogP contribution in [-0.4, -0.2) is 13.2 Å². The molecule has 2 rings (SSSR count). The van der Waals surface area contributed by atoms with Crippen LogP contribution in [0.4, 0.5) is 0 Å². The first-order valence-electron chi connectivity index (χ1n) is 6.62. The summed E-state index contributed by atoms with van der Waals surface area (Å²) < 4.78 is 5.92. The van der Waals surface area contributed by atoms with Crippen molar-refractivity contribution in [1.82, 2.24) is 0 Å². The van der Waals surface area contributed by atoms with E-state index in [9.17, 15) is 0 Å². The molecule has 1 aromatic rings. The molecule has 17 heavy (non-hydrogen) atoms. The molecule has 2 heteroatoms. The van der Waals surface area contributed by atoms with E-state index in [2.05, 4.69) is 32.0 Å². The Hall–Kier alpha value is -1.02. The van der Waals surface area contributed by atoms with Gasteiger partial charge in [-0.1, -0.05) is 44.9 Å². The summed E-state index contributed by atoms with van der Waals surface area (Å²) >= 11 is 0. The SMILES string of the molecule is CCCC(C)C1(CN)COc2ccccc2C1. The van der Waals surface area contributed by atoms with E-state index in [1.54, 1.807) is 0 Å². The van der Waals surface area contributed by atoms with Crippen LogP contribution in [0.3, 0.4) is 0 Å². The minimum atomic E-state index is 0.129. The summed E-state index contributed by atoms with van der Waals surface area (Å²) in [5.74, 6) is 1.66. The number of hydrogen-bond acceptors (Lipinski definition) is 2. The van der Waals surface area contributed by atoms with Crippen molar-refractivity contribution in [2.45, 2.75) is 33.1 Å². The number of rotatable bonds is 4. The summed E-state index contributed by atoms with van der Waals surface area (Å²) in [5, 5.41) is 0. The van der Waals surface area contributed by atoms with Crippen LogP contribution in [0.1, 0.15) is 32.3 Å². The van der Waals surface area contributed by atoms with Crippen LogP contribution in [0, 0.1) is 11.3 Å². The second kappa shape index (κ2) is 5.09. The Morgan fingerprint density at radius 1 is 1.41 bits per heavy atom. The highest BCUT2D eigenvalue weighted by Gasteiger charge is 2.38. The topological polar surface area (TPSA) is 35.2 Å². The van der Waals surface area contributed by atoms with Crippen molar-refractivity contribution in [3.05, 3.63) is 29.8 Å². The molecule has 0 saturated heterocycles. The van der Waals surface area contributed by atoms with Crippen molar-refractivity contribution < 1.29 is 4.74 Å². The van der Waals surface area contributed by atoms with E-state index in [4.69, 9.17) is 10.5 Å². The molecule has 2 unspecified atom stereocenters. The fourth-order valence-corrected chi connectivity index (χ4v) is 2.83. The zero-order valence-electron chi connectivity index (χ0n) is 10.9. The number of hydrogen-bond donors (Lipinski definition) is 1. The third-order valence-corrected chi connectivity index (χ3v) is 4.20. The molecule has 2 nitrogen and oxygen atoms in total. The van der Waals surface area contributed by atoms with Gasteiger partial charge in [0, 0.05) is 12.0 Å². The van der Waals surface area contributed by atoms with Gasteiger partial charge in [0.25, 0.3) is 0 Å². The van der Waals surface area contributed by atoms with E-state index in [1.807, 2.05) is 6.07 Å². The number of para-hydroxylation sites is 1. The smallest absolute Gasteiger partial charge is 0.122 e. The molecule has 0 aromatic heterocycles. The second-order valence-corrected chi connectivity index (χ2v) is 5.33. The molecule has 0 radical (unpaired) electrons. The number of nitrogens with two attached hydrogens (primary N) is 1. The summed E-state index contributed by atoms with van der Waals surface area (Å²) in [7, 11) is 0. The molecule has 0 saturated carbocycles. The minimum absolute atomic E-state index is 0.129. The first-order valence-corrected chi connectivity index (χ1v) is 6.62. The standard InChI is InChI=1S/C15H23NO/c1-3-6-12(2)15(10-16)9-13-7-4-5-8-14(13)17-11-15/h4-5,7-8,12H,3,6,9-11,16H2,1-2H3. The highest BCUT2D eigenvalue weighted by atomic mass is 16.5. The normalized spacial score (nSPS) is 24.9. The van der Waals surface area contributed by atoms with Crippen molar-refractivity contribution in [2.75, 3.05) is 13.2 Å². The molecule has 0 fully saturated rings. The monoisotopic (exact) mass is 233 g/mol. The lowest BCUT2D eigenvalue weighted by atomic mass is 9.70. The van der Waals surface area contributed by atoms with Crippen molar-refractivity contribution in [3.63, 3.8) is 0 Å². The summed E-state index contributed by atoms with van der Waals surface area (Å²) in [6.45, 7) is 6.02. The van der Waals surface area contributed by atoms with Crippen LogP contribution < -0.4 is 10.5 Å². The quantitative estimate of drug-likeness (QED) is 0.867. The summed E-state index contributed by atoms with van der Waals surface area (Å²) in [6, 6.07) is 8.33. The van der Waals surface area contributed by atoms with E-state index in [-0.39, 0.29) is 5.41 Å². The van der Waals surface area contributed by atoms with Crippen LogP contribution in [-0.2, 0) is 6.42 Å². The fourth-order valence-electron chi connectivity index (χ4n) is 2.83. The average Bonchev–Trinajstić information content (AvgIpc) is 2.38. The van der Waals surface area contributed by atoms with E-state index in [0.29, 0.717) is 12.5 Å². The Bertz CT molecular complexity index is 377. The predicted octanol–water partition coefficient (Wildman–Crippen LogP) is 3.00. The summed E-state index contributed by atoms with van der Waals surface area (Å²) in [6.07, 6.45) is 3.49. The van der Waals surface area contributed by atoms with Gasteiger partial charge >= 0.3 is 0 Å². The van der Waals surface area contributed by atoms with Crippen molar-refractivity contribution in [2.24, 2.45) is 17.1 Å². The molecular formula is C15H23NO. The lowest BCUT2D eigenvalue weighted by Crippen LogP contribution is -2.46. The lowest BCUT2D eigenvalue weighted by Gasteiger charge is -2.41. The fraction of sp³-hybridized carbons (Fsp3) is 0.600. The molecule has 0 spiro atoms. The van der Waals surface area contributed by atoms with Gasteiger partial charge < -0.3 is 10.5 Å². The Balaban J connectivity index is 2.23. The first kappa shape index (κ1) is 12.4. The van der Waals surface area contributed by atoms with Gasteiger partial charge in [-0.2, -0.15) is 0 Å². The summed E-state index contributed by atoms with van der Waals surface area (Å²) in [4.78, 5) is 0. The molecule has 0 bridgehead atoms. The van der Waals surface area contributed by atoms with Crippen LogP contribution in [0.25, 0.3) is 0 Å². The van der Waals surface area contributed by atoms with E-state index in [0.717, 1.165) is 18.8 Å². The van der Waals surface area contributed by atoms with Crippen LogP contribution >= 0.6 is 0 Å². The Labute approximate surface area is 104 Å². The third kappa shape index (κ3) is 2.32. The van der Waals surface area contributed by atoms with Gasteiger partial charge in [-0.25, -0.2) is 0 Å². The number of benzene rings is 1. The molecule has 0 aliphatic carbocycles. The highest BCUT2D eigenvalue weighted by molar-refractivity contribution is 5.36. The Morgan fingerprint density at radius 2 is 2.18 bits per heavy atom. The first-order chi connectivity index (χ1) is 8.22. The third-order valence-electron chi connectivity index (χ3n) is 4.20. The zero-order chi connectivity index (χ0) is 12.3. The molecule has 0 amide bonds. The van der Waals surface area contributed by atoms with Gasteiger partial charge in [0.1, 0.15) is 5.75 Å².